The molecule has 3 heterocycles. The van der Waals surface area contributed by atoms with Crippen LogP contribution >= 0.6 is 27.3 Å². The van der Waals surface area contributed by atoms with Crippen LogP contribution in [-0.4, -0.2) is 9.55 Å². The van der Waals surface area contributed by atoms with Crippen molar-refractivity contribution in [3.8, 4) is 11.1 Å². The van der Waals surface area contributed by atoms with Gasteiger partial charge < -0.3 is 4.42 Å². The van der Waals surface area contributed by atoms with Crippen molar-refractivity contribution in [2.45, 2.75) is 13.5 Å². The Morgan fingerprint density at radius 2 is 1.90 bits per heavy atom. The van der Waals surface area contributed by atoms with Crippen LogP contribution in [0.5, 0.6) is 0 Å². The van der Waals surface area contributed by atoms with E-state index in [0.29, 0.717) is 21.4 Å². The fourth-order valence-corrected chi connectivity index (χ4v) is 5.06. The van der Waals surface area contributed by atoms with Crippen LogP contribution in [0.4, 0.5) is 0 Å². The highest BCUT2D eigenvalue weighted by atomic mass is 79.9. The minimum absolute atomic E-state index is 0.123. The second-order valence-electron chi connectivity index (χ2n) is 6.99. The Morgan fingerprint density at radius 3 is 2.70 bits per heavy atom. The Kier molecular flexibility index (Phi) is 4.64. The number of nitrogens with zero attached hydrogens (tertiary/aromatic N) is 2. The summed E-state index contributed by atoms with van der Waals surface area (Å²) in [7, 11) is 0. The highest BCUT2D eigenvalue weighted by Crippen LogP contribution is 2.35. The van der Waals surface area contributed by atoms with E-state index >= 15 is 0 Å². The zero-order valence-electron chi connectivity index (χ0n) is 15.9. The van der Waals surface area contributed by atoms with Crippen molar-refractivity contribution in [2.24, 2.45) is 0 Å². The summed E-state index contributed by atoms with van der Waals surface area (Å²) in [5.41, 5.74) is 2.53. The number of hydrogen-bond acceptors (Lipinski definition) is 5. The molecule has 0 unspecified atom stereocenters. The summed E-state index contributed by atoms with van der Waals surface area (Å²) in [4.78, 5) is 31.8. The van der Waals surface area contributed by atoms with Gasteiger partial charge in [0.2, 0.25) is 0 Å². The Balaban J connectivity index is 1.70. The quantitative estimate of drug-likeness (QED) is 0.327. The summed E-state index contributed by atoms with van der Waals surface area (Å²) >= 11 is 4.91. The van der Waals surface area contributed by atoms with Gasteiger partial charge in [-0.1, -0.05) is 46.3 Å². The average molecular weight is 479 g/mol. The average Bonchev–Trinajstić information content (AvgIpc) is 3.07. The molecule has 3 aromatic heterocycles. The first-order chi connectivity index (χ1) is 14.5. The maximum atomic E-state index is 13.4. The number of rotatable bonds is 3. The van der Waals surface area contributed by atoms with Crippen LogP contribution in [0.25, 0.3) is 32.3 Å². The molecule has 5 aromatic rings. The van der Waals surface area contributed by atoms with Crippen LogP contribution in [0.15, 0.2) is 79.4 Å². The maximum absolute atomic E-state index is 13.4. The number of hydrogen-bond donors (Lipinski definition) is 0. The Bertz CT molecular complexity index is 1530. The van der Waals surface area contributed by atoms with Gasteiger partial charge in [-0.05, 0) is 36.2 Å². The number of fused-ring (bicyclic) bond motifs is 2. The van der Waals surface area contributed by atoms with Gasteiger partial charge in [-0.25, -0.2) is 9.78 Å². The molecule has 0 radical (unpaired) electrons. The first kappa shape index (κ1) is 19.0. The summed E-state index contributed by atoms with van der Waals surface area (Å²) in [5.74, 6) is 0. The normalized spacial score (nSPS) is 11.4. The third kappa shape index (κ3) is 3.20. The van der Waals surface area contributed by atoms with Crippen molar-refractivity contribution < 1.29 is 4.42 Å². The van der Waals surface area contributed by atoms with Gasteiger partial charge in [0.05, 0.1) is 18.3 Å². The lowest BCUT2D eigenvalue weighted by atomic mass is 10.0. The van der Waals surface area contributed by atoms with E-state index < -0.39 is 5.63 Å². The number of thiophene rings is 1. The van der Waals surface area contributed by atoms with E-state index in [2.05, 4.69) is 20.9 Å². The van der Waals surface area contributed by atoms with Gasteiger partial charge in [-0.15, -0.1) is 11.3 Å². The zero-order valence-corrected chi connectivity index (χ0v) is 18.3. The molecule has 0 aliphatic carbocycles. The van der Waals surface area contributed by atoms with Gasteiger partial charge >= 0.3 is 5.63 Å². The molecule has 7 heteroatoms. The van der Waals surface area contributed by atoms with Gasteiger partial charge in [0.1, 0.15) is 10.4 Å². The maximum Gasteiger partial charge on any atom is 0.336 e. The number of halogens is 1. The third-order valence-corrected chi connectivity index (χ3v) is 6.56. The van der Waals surface area contributed by atoms with E-state index in [1.165, 1.54) is 17.4 Å². The molecule has 148 valence electrons. The van der Waals surface area contributed by atoms with Crippen molar-refractivity contribution in [1.82, 2.24) is 9.55 Å². The molecule has 0 amide bonds. The second-order valence-corrected chi connectivity index (χ2v) is 9.11. The van der Waals surface area contributed by atoms with Crippen molar-refractivity contribution in [2.75, 3.05) is 0 Å². The Hall–Kier alpha value is -3.03. The number of aryl methyl sites for hydroxylation is 1. The topological polar surface area (TPSA) is 65.1 Å². The van der Waals surface area contributed by atoms with Gasteiger partial charge in [0.15, 0.2) is 0 Å². The molecule has 0 aliphatic heterocycles. The van der Waals surface area contributed by atoms with E-state index in [-0.39, 0.29) is 12.1 Å². The van der Waals surface area contributed by atoms with E-state index in [0.717, 1.165) is 25.9 Å². The van der Waals surface area contributed by atoms with Crippen molar-refractivity contribution in [3.63, 3.8) is 0 Å². The van der Waals surface area contributed by atoms with Crippen LogP contribution in [0, 0.1) is 6.92 Å². The predicted octanol–water partition coefficient (Wildman–Crippen LogP) is 5.35. The van der Waals surface area contributed by atoms with Crippen LogP contribution in [0.2, 0.25) is 0 Å². The Labute approximate surface area is 183 Å². The second kappa shape index (κ2) is 7.34. The standard InChI is InChI=1S/C23H15BrN2O3S/c1-13-20(14-5-3-2-4-6-14)21-22(30-13)25-12-26(23(21)28)11-15-9-19(27)29-18-10-16(24)7-8-17(15)18/h2-10,12H,11H2,1H3. The smallest absolute Gasteiger partial charge is 0.336 e. The fraction of sp³-hybridized carbons (Fsp3) is 0.0870. The molecule has 0 aliphatic rings. The van der Waals surface area contributed by atoms with E-state index in [4.69, 9.17) is 4.42 Å². The third-order valence-electron chi connectivity index (χ3n) is 5.05. The minimum atomic E-state index is -0.450. The molecule has 2 aromatic carbocycles. The molecular formula is C23H15BrN2O3S. The Morgan fingerprint density at radius 1 is 1.10 bits per heavy atom. The van der Waals surface area contributed by atoms with E-state index in [9.17, 15) is 9.59 Å². The highest BCUT2D eigenvalue weighted by molar-refractivity contribution is 9.10. The van der Waals surface area contributed by atoms with Crippen molar-refractivity contribution in [1.29, 1.82) is 0 Å². The van der Waals surface area contributed by atoms with Crippen LogP contribution in [0.1, 0.15) is 10.4 Å². The number of aromatic nitrogens is 2. The summed E-state index contributed by atoms with van der Waals surface area (Å²) in [6, 6.07) is 16.8. The molecule has 5 rings (SSSR count). The van der Waals surface area contributed by atoms with Gasteiger partial charge in [-0.2, -0.15) is 0 Å². The SMILES string of the molecule is Cc1sc2ncn(Cc3cc(=O)oc4cc(Br)ccc34)c(=O)c2c1-c1ccccc1. The lowest BCUT2D eigenvalue weighted by Crippen LogP contribution is -2.21. The molecule has 0 atom stereocenters. The largest absolute Gasteiger partial charge is 0.423 e. The first-order valence-corrected chi connectivity index (χ1v) is 10.9. The molecule has 0 saturated heterocycles. The lowest BCUT2D eigenvalue weighted by Gasteiger charge is -2.09. The van der Waals surface area contributed by atoms with Crippen LogP contribution < -0.4 is 11.2 Å². The monoisotopic (exact) mass is 478 g/mol. The van der Waals surface area contributed by atoms with Gasteiger partial charge in [-0.3, -0.25) is 9.36 Å². The minimum Gasteiger partial charge on any atom is -0.423 e. The first-order valence-electron chi connectivity index (χ1n) is 9.27. The van der Waals surface area contributed by atoms with E-state index in [1.807, 2.05) is 49.4 Å². The lowest BCUT2D eigenvalue weighted by molar-refractivity contribution is 0.557. The summed E-state index contributed by atoms with van der Waals surface area (Å²) < 4.78 is 7.68. The molecule has 0 saturated carbocycles. The molecule has 0 bridgehead atoms. The molecule has 30 heavy (non-hydrogen) atoms. The van der Waals surface area contributed by atoms with Gasteiger partial charge in [0, 0.05) is 26.4 Å². The number of benzene rings is 2. The predicted molar refractivity (Wildman–Crippen MR) is 123 cm³/mol. The molecule has 0 spiro atoms. The van der Waals surface area contributed by atoms with E-state index in [1.54, 1.807) is 17.0 Å². The van der Waals surface area contributed by atoms with Gasteiger partial charge in [0.25, 0.3) is 5.56 Å². The molecule has 0 N–H and O–H groups in total. The van der Waals surface area contributed by atoms with Crippen LogP contribution in [-0.2, 0) is 6.54 Å². The fourth-order valence-electron chi connectivity index (χ4n) is 3.72. The van der Waals surface area contributed by atoms with Crippen molar-refractivity contribution in [3.05, 3.63) is 96.6 Å². The van der Waals surface area contributed by atoms with Crippen LogP contribution in [0.3, 0.4) is 0 Å². The zero-order chi connectivity index (χ0) is 20.8. The summed E-state index contributed by atoms with van der Waals surface area (Å²) in [5, 5.41) is 1.40. The molecule has 5 nitrogen and oxygen atoms in total. The summed E-state index contributed by atoms with van der Waals surface area (Å²) in [6.45, 7) is 2.24. The summed E-state index contributed by atoms with van der Waals surface area (Å²) in [6.07, 6.45) is 1.55. The molecular weight excluding hydrogens is 464 g/mol. The van der Waals surface area contributed by atoms with Crippen molar-refractivity contribution >= 4 is 48.5 Å². The highest BCUT2D eigenvalue weighted by Gasteiger charge is 2.17. The molecule has 0 fully saturated rings.